The van der Waals surface area contributed by atoms with Crippen molar-refractivity contribution in [1.82, 2.24) is 15.0 Å². The Hall–Kier alpha value is -3.78. The Bertz CT molecular complexity index is 1270. The van der Waals surface area contributed by atoms with Crippen molar-refractivity contribution in [2.45, 2.75) is 12.5 Å². The van der Waals surface area contributed by atoms with Gasteiger partial charge in [-0.05, 0) is 34.7 Å². The Balaban J connectivity index is 1.40. The fourth-order valence-corrected chi connectivity index (χ4v) is 4.43. The minimum Gasteiger partial charge on any atom is -0.497 e. The third-order valence-corrected chi connectivity index (χ3v) is 6.15. The number of hydrogen-bond donors (Lipinski definition) is 0. The zero-order chi connectivity index (χ0) is 21.9. The van der Waals surface area contributed by atoms with E-state index in [-0.39, 0.29) is 18.6 Å². The Morgan fingerprint density at radius 1 is 1.09 bits per heavy atom. The van der Waals surface area contributed by atoms with Crippen LogP contribution in [0, 0.1) is 0 Å². The van der Waals surface area contributed by atoms with Crippen LogP contribution in [0.1, 0.15) is 23.6 Å². The molecule has 1 amide bonds. The number of hydrazone groups is 1. The molecule has 3 heterocycles. The van der Waals surface area contributed by atoms with Crippen LogP contribution in [0.2, 0.25) is 0 Å². The summed E-state index contributed by atoms with van der Waals surface area (Å²) in [5, 5.41) is 8.93. The maximum atomic E-state index is 13.2. The molecular weight excluding hydrogens is 424 g/mol. The zero-order valence-electron chi connectivity index (χ0n) is 17.3. The van der Waals surface area contributed by atoms with E-state index in [0.29, 0.717) is 12.3 Å². The van der Waals surface area contributed by atoms with E-state index in [2.05, 4.69) is 15.1 Å². The number of aromatic nitrogens is 2. The van der Waals surface area contributed by atoms with Gasteiger partial charge in [-0.25, -0.2) is 15.0 Å². The monoisotopic (exact) mass is 444 g/mol. The van der Waals surface area contributed by atoms with Crippen LogP contribution < -0.4 is 9.47 Å². The van der Waals surface area contributed by atoms with Gasteiger partial charge in [-0.2, -0.15) is 5.10 Å². The van der Waals surface area contributed by atoms with Gasteiger partial charge in [-0.3, -0.25) is 4.79 Å². The van der Waals surface area contributed by atoms with Gasteiger partial charge >= 0.3 is 0 Å². The van der Waals surface area contributed by atoms with Crippen LogP contribution in [0.3, 0.4) is 0 Å². The smallest absolute Gasteiger partial charge is 0.281 e. The third-order valence-electron chi connectivity index (χ3n) is 5.33. The molecule has 1 atom stereocenters. The maximum absolute atomic E-state index is 13.2. The number of carbonyl (C=O) groups is 1. The number of methoxy groups -OCH3 is 1. The summed E-state index contributed by atoms with van der Waals surface area (Å²) in [5.74, 6) is 0.927. The van der Waals surface area contributed by atoms with Crippen molar-refractivity contribution in [3.05, 3.63) is 83.5 Å². The number of rotatable bonds is 6. The molecule has 0 bridgehead atoms. The highest BCUT2D eigenvalue weighted by Crippen LogP contribution is 2.34. The molecule has 0 spiro atoms. The molecule has 0 aliphatic carbocycles. The van der Waals surface area contributed by atoms with E-state index in [1.165, 1.54) is 22.7 Å². The summed E-state index contributed by atoms with van der Waals surface area (Å²) in [4.78, 5) is 22.4. The predicted molar refractivity (Wildman–Crippen MR) is 123 cm³/mol. The van der Waals surface area contributed by atoms with Crippen LogP contribution in [0.5, 0.6) is 11.6 Å². The Morgan fingerprint density at radius 2 is 1.91 bits per heavy atom. The number of benzene rings is 2. The molecule has 4 aromatic rings. The van der Waals surface area contributed by atoms with E-state index in [1.54, 1.807) is 7.11 Å². The molecule has 0 saturated heterocycles. The molecule has 0 radical (unpaired) electrons. The lowest BCUT2D eigenvalue weighted by atomic mass is 9.98. The quantitative estimate of drug-likeness (QED) is 0.439. The Morgan fingerprint density at radius 3 is 2.69 bits per heavy atom. The van der Waals surface area contributed by atoms with E-state index in [9.17, 15) is 4.79 Å². The summed E-state index contributed by atoms with van der Waals surface area (Å²) in [6, 6.07) is 19.3. The van der Waals surface area contributed by atoms with E-state index >= 15 is 0 Å². The van der Waals surface area contributed by atoms with Gasteiger partial charge in [0.05, 0.1) is 24.2 Å². The van der Waals surface area contributed by atoms with Crippen molar-refractivity contribution in [3.63, 3.8) is 0 Å². The summed E-state index contributed by atoms with van der Waals surface area (Å²) in [7, 11) is 1.63. The van der Waals surface area contributed by atoms with Crippen molar-refractivity contribution >= 4 is 33.2 Å². The number of fused-ring (bicyclic) bond motifs is 1. The predicted octanol–water partition coefficient (Wildman–Crippen LogP) is 4.46. The highest BCUT2D eigenvalue weighted by molar-refractivity contribution is 7.16. The highest BCUT2D eigenvalue weighted by Gasteiger charge is 2.33. The molecule has 2 aromatic carbocycles. The molecular formula is C24H20N4O3S. The van der Waals surface area contributed by atoms with Crippen molar-refractivity contribution in [3.8, 4) is 11.6 Å². The maximum Gasteiger partial charge on any atom is 0.281 e. The second-order valence-electron chi connectivity index (χ2n) is 7.25. The summed E-state index contributed by atoms with van der Waals surface area (Å²) >= 11 is 1.50. The van der Waals surface area contributed by atoms with E-state index in [1.807, 2.05) is 66.0 Å². The molecule has 7 nitrogen and oxygen atoms in total. The Kier molecular flexibility index (Phi) is 5.51. The van der Waals surface area contributed by atoms with Crippen molar-refractivity contribution < 1.29 is 14.3 Å². The van der Waals surface area contributed by atoms with E-state index < -0.39 is 0 Å². The van der Waals surface area contributed by atoms with Gasteiger partial charge < -0.3 is 9.47 Å². The number of nitrogens with zero attached hydrogens (tertiary/aromatic N) is 4. The number of amides is 1. The lowest BCUT2D eigenvalue weighted by molar-refractivity contribution is -0.135. The fourth-order valence-electron chi connectivity index (χ4n) is 3.71. The van der Waals surface area contributed by atoms with Crippen LogP contribution in [0.4, 0.5) is 0 Å². The van der Waals surface area contributed by atoms with Gasteiger partial charge in [0, 0.05) is 6.42 Å². The first-order valence-electron chi connectivity index (χ1n) is 10.1. The summed E-state index contributed by atoms with van der Waals surface area (Å²) in [5.41, 5.74) is 2.84. The highest BCUT2D eigenvalue weighted by atomic mass is 32.1. The van der Waals surface area contributed by atoms with Gasteiger partial charge in [0.1, 0.15) is 16.9 Å². The number of ether oxygens (including phenoxy) is 2. The SMILES string of the molecule is COc1ccc(C2CC(c3ccccc3)=NN2C(=O)COc2ncnc3sccc23)cc1. The molecule has 32 heavy (non-hydrogen) atoms. The summed E-state index contributed by atoms with van der Waals surface area (Å²) in [6.07, 6.45) is 2.06. The molecule has 5 rings (SSSR count). The van der Waals surface area contributed by atoms with Crippen molar-refractivity contribution in [2.24, 2.45) is 5.10 Å². The van der Waals surface area contributed by atoms with E-state index in [0.717, 1.165) is 32.8 Å². The minimum atomic E-state index is -0.237. The van der Waals surface area contributed by atoms with Crippen LogP contribution in [-0.2, 0) is 4.79 Å². The van der Waals surface area contributed by atoms with Crippen molar-refractivity contribution in [2.75, 3.05) is 13.7 Å². The summed E-state index contributed by atoms with van der Waals surface area (Å²) < 4.78 is 11.1. The molecule has 0 saturated carbocycles. The molecule has 1 aliphatic rings. The van der Waals surface area contributed by atoms with Gasteiger partial charge in [0.2, 0.25) is 5.88 Å². The Labute approximate surface area is 189 Å². The van der Waals surface area contributed by atoms with Crippen LogP contribution in [0.25, 0.3) is 10.2 Å². The second-order valence-corrected chi connectivity index (χ2v) is 8.15. The van der Waals surface area contributed by atoms with Gasteiger partial charge in [-0.1, -0.05) is 42.5 Å². The second kappa shape index (κ2) is 8.76. The summed E-state index contributed by atoms with van der Waals surface area (Å²) in [6.45, 7) is -0.166. The molecule has 0 fully saturated rings. The molecule has 2 aromatic heterocycles. The largest absolute Gasteiger partial charge is 0.497 e. The molecule has 0 N–H and O–H groups in total. The minimum absolute atomic E-state index is 0.166. The van der Waals surface area contributed by atoms with Gasteiger partial charge in [0.15, 0.2) is 6.61 Å². The molecule has 8 heteroatoms. The van der Waals surface area contributed by atoms with Crippen LogP contribution >= 0.6 is 11.3 Å². The number of carbonyl (C=O) groups excluding carboxylic acids is 1. The fraction of sp³-hybridized carbons (Fsp3) is 0.167. The number of hydrogen-bond acceptors (Lipinski definition) is 7. The van der Waals surface area contributed by atoms with E-state index in [4.69, 9.17) is 9.47 Å². The lowest BCUT2D eigenvalue weighted by Crippen LogP contribution is -2.31. The van der Waals surface area contributed by atoms with Crippen LogP contribution in [-0.4, -0.2) is 40.3 Å². The molecule has 160 valence electrons. The lowest BCUT2D eigenvalue weighted by Gasteiger charge is -2.22. The first-order valence-corrected chi connectivity index (χ1v) is 11.0. The molecule has 1 unspecified atom stereocenters. The first-order chi connectivity index (χ1) is 15.7. The first kappa shape index (κ1) is 20.1. The van der Waals surface area contributed by atoms with Crippen LogP contribution in [0.15, 0.2) is 77.5 Å². The van der Waals surface area contributed by atoms with Crippen molar-refractivity contribution in [1.29, 1.82) is 0 Å². The average molecular weight is 445 g/mol. The average Bonchev–Trinajstić information content (AvgIpc) is 3.51. The third kappa shape index (κ3) is 3.92. The standard InChI is InChI=1S/C24H20N4O3S/c1-30-18-9-7-17(8-10-18)21-13-20(16-5-3-2-4-6-16)27-28(21)22(29)14-31-23-19-11-12-32-24(19)26-15-25-23/h2-12,15,21H,13-14H2,1H3. The zero-order valence-corrected chi connectivity index (χ0v) is 18.2. The van der Waals surface area contributed by atoms with Gasteiger partial charge in [-0.15, -0.1) is 11.3 Å². The number of thiophene rings is 1. The normalized spacial score (nSPS) is 15.6. The topological polar surface area (TPSA) is 76.9 Å². The molecule has 1 aliphatic heterocycles. The van der Waals surface area contributed by atoms with Gasteiger partial charge in [0.25, 0.3) is 5.91 Å².